The second-order valence-electron chi connectivity index (χ2n) is 16.2. The molecule has 10 nitrogen and oxygen atoms in total. The summed E-state index contributed by atoms with van der Waals surface area (Å²) in [6.07, 6.45) is 9.79. The molecule has 1 aromatic heterocycles. The fraction of sp³-hybridized carbons (Fsp3) is 0.641. The van der Waals surface area contributed by atoms with Crippen LogP contribution in [0.15, 0.2) is 47.4 Å². The zero-order valence-corrected chi connectivity index (χ0v) is 29.8. The molecule has 2 aromatic rings. The van der Waals surface area contributed by atoms with Gasteiger partial charge in [0, 0.05) is 68.4 Å². The Kier molecular flexibility index (Phi) is 10.00. The van der Waals surface area contributed by atoms with Crippen LogP contribution in [0.25, 0.3) is 11.1 Å². The molecule has 2 saturated carbocycles. The molecule has 1 aromatic carbocycles. The molecule has 4 aliphatic rings. The van der Waals surface area contributed by atoms with Gasteiger partial charge in [0.15, 0.2) is 0 Å². The Morgan fingerprint density at radius 1 is 0.918 bits per heavy atom. The quantitative estimate of drug-likeness (QED) is 0.412. The maximum atomic E-state index is 14.2. The lowest BCUT2D eigenvalue weighted by molar-refractivity contribution is -0.163. The normalized spacial score (nSPS) is 23.3. The van der Waals surface area contributed by atoms with E-state index in [1.807, 2.05) is 62.9 Å². The minimum atomic E-state index is -1.20. The van der Waals surface area contributed by atoms with Gasteiger partial charge in [-0.3, -0.25) is 14.4 Å². The van der Waals surface area contributed by atoms with E-state index in [0.717, 1.165) is 37.7 Å². The number of carbonyl (C=O) groups excluding carboxylic acids is 3. The van der Waals surface area contributed by atoms with Gasteiger partial charge in [-0.2, -0.15) is 0 Å². The van der Waals surface area contributed by atoms with Gasteiger partial charge in [0.1, 0.15) is 5.60 Å². The van der Waals surface area contributed by atoms with Gasteiger partial charge in [0.2, 0.25) is 5.91 Å². The number of aliphatic hydroxyl groups is 1. The molecule has 49 heavy (non-hydrogen) atoms. The Morgan fingerprint density at radius 3 is 2.18 bits per heavy atom. The van der Waals surface area contributed by atoms with Gasteiger partial charge in [0.25, 0.3) is 11.5 Å². The first kappa shape index (κ1) is 35.2. The summed E-state index contributed by atoms with van der Waals surface area (Å²) in [6, 6.07) is 10.9. The molecule has 0 unspecified atom stereocenters. The van der Waals surface area contributed by atoms with Crippen LogP contribution in [0.4, 0.5) is 4.79 Å². The number of carbonyl (C=O) groups is 3. The Balaban J connectivity index is 1.25. The highest BCUT2D eigenvalue weighted by Gasteiger charge is 2.56. The van der Waals surface area contributed by atoms with Crippen LogP contribution in [0.5, 0.6) is 0 Å². The molecule has 1 spiro atoms. The number of rotatable bonds is 7. The van der Waals surface area contributed by atoms with Crippen molar-refractivity contribution in [1.82, 2.24) is 19.3 Å². The Hall–Kier alpha value is -3.66. The Labute approximate surface area is 290 Å². The van der Waals surface area contributed by atoms with Crippen molar-refractivity contribution in [3.05, 3.63) is 58.5 Å². The second kappa shape index (κ2) is 13.9. The summed E-state index contributed by atoms with van der Waals surface area (Å²) in [5.74, 6) is 0.587. The number of piperidine rings is 1. The van der Waals surface area contributed by atoms with E-state index in [1.54, 1.807) is 16.0 Å². The molecule has 1 N–H and O–H groups in total. The molecule has 3 amide bonds. The van der Waals surface area contributed by atoms with E-state index in [2.05, 4.69) is 0 Å². The highest BCUT2D eigenvalue weighted by atomic mass is 16.6. The second-order valence-corrected chi connectivity index (χ2v) is 16.2. The minimum absolute atomic E-state index is 0.0253. The number of likely N-dealkylation sites (tertiary alicyclic amines) is 1. The molecule has 10 heteroatoms. The standard InChI is InChI=1S/C39H54N4O6/c1-28(23-29-11-10-12-29)34(45)42-18-17-39(48,38(26-42)15-8-9-16-38)27-43-25-32(31(24-33(43)44)30-13-6-5-7-14-30)35(46)40-19-21-41(22-20-40)36(47)49-37(2,3)4/h5-7,13-14,24-25,28-29,48H,8-12,15-23,26-27H2,1-4H3/t28-,39-/m1/s1. The molecule has 2 saturated heterocycles. The molecule has 4 fully saturated rings. The van der Waals surface area contributed by atoms with Crippen LogP contribution in [-0.4, -0.2) is 92.8 Å². The lowest BCUT2D eigenvalue weighted by Crippen LogP contribution is -2.62. The van der Waals surface area contributed by atoms with E-state index in [-0.39, 0.29) is 29.8 Å². The van der Waals surface area contributed by atoms with E-state index < -0.39 is 22.7 Å². The predicted octanol–water partition coefficient (Wildman–Crippen LogP) is 5.56. The summed E-state index contributed by atoms with van der Waals surface area (Å²) in [7, 11) is 0. The smallest absolute Gasteiger partial charge is 0.410 e. The Morgan fingerprint density at radius 2 is 1.57 bits per heavy atom. The van der Waals surface area contributed by atoms with Crippen molar-refractivity contribution in [3.63, 3.8) is 0 Å². The van der Waals surface area contributed by atoms with Crippen LogP contribution in [0.3, 0.4) is 0 Å². The molecule has 2 aliphatic carbocycles. The summed E-state index contributed by atoms with van der Waals surface area (Å²) in [5, 5.41) is 12.5. The number of piperazine rings is 1. The van der Waals surface area contributed by atoms with E-state index in [9.17, 15) is 24.3 Å². The fourth-order valence-electron chi connectivity index (χ4n) is 8.52. The first-order valence-electron chi connectivity index (χ1n) is 18.4. The van der Waals surface area contributed by atoms with Crippen molar-refractivity contribution in [1.29, 1.82) is 0 Å². The van der Waals surface area contributed by atoms with Gasteiger partial charge >= 0.3 is 6.09 Å². The molecule has 6 rings (SSSR count). The van der Waals surface area contributed by atoms with Crippen LogP contribution in [0, 0.1) is 17.3 Å². The van der Waals surface area contributed by atoms with Crippen LogP contribution in [-0.2, 0) is 16.1 Å². The number of aromatic nitrogens is 1. The first-order valence-corrected chi connectivity index (χ1v) is 18.4. The monoisotopic (exact) mass is 674 g/mol. The molecular weight excluding hydrogens is 620 g/mol. The van der Waals surface area contributed by atoms with Crippen molar-refractivity contribution >= 4 is 17.9 Å². The highest BCUT2D eigenvalue weighted by Crippen LogP contribution is 2.52. The van der Waals surface area contributed by atoms with E-state index in [4.69, 9.17) is 4.74 Å². The molecule has 3 heterocycles. The summed E-state index contributed by atoms with van der Waals surface area (Å²) >= 11 is 0. The SMILES string of the molecule is C[C@H](CC1CCC1)C(=O)N1CC[C@@](O)(Cn2cc(C(=O)N3CCN(C(=O)OC(C)(C)C)CC3)c(-c3ccccc3)cc2=O)C2(CCCC2)C1. The zero-order chi connectivity index (χ0) is 35.0. The molecule has 2 atom stereocenters. The van der Waals surface area contributed by atoms with Crippen molar-refractivity contribution in [2.45, 2.75) is 103 Å². The van der Waals surface area contributed by atoms with Crippen molar-refractivity contribution < 1.29 is 24.2 Å². The zero-order valence-electron chi connectivity index (χ0n) is 29.8. The van der Waals surface area contributed by atoms with Crippen LogP contribution in [0.1, 0.15) is 95.8 Å². The van der Waals surface area contributed by atoms with E-state index in [0.29, 0.717) is 62.7 Å². The first-order chi connectivity index (χ1) is 23.3. The summed E-state index contributed by atoms with van der Waals surface area (Å²) in [4.78, 5) is 59.7. The van der Waals surface area contributed by atoms with Crippen molar-refractivity contribution in [2.24, 2.45) is 17.3 Å². The van der Waals surface area contributed by atoms with Gasteiger partial charge < -0.3 is 29.1 Å². The number of nitrogens with zero attached hydrogens (tertiary/aromatic N) is 4. The van der Waals surface area contributed by atoms with Gasteiger partial charge in [-0.15, -0.1) is 0 Å². The molecular formula is C39H54N4O6. The number of benzene rings is 1. The summed E-state index contributed by atoms with van der Waals surface area (Å²) in [6.45, 7) is 9.92. The van der Waals surface area contributed by atoms with Crippen LogP contribution >= 0.6 is 0 Å². The van der Waals surface area contributed by atoms with E-state index >= 15 is 0 Å². The van der Waals surface area contributed by atoms with Gasteiger partial charge in [-0.05, 0) is 57.9 Å². The third kappa shape index (κ3) is 7.44. The lowest BCUT2D eigenvalue weighted by Gasteiger charge is -2.53. The van der Waals surface area contributed by atoms with Crippen molar-refractivity contribution in [3.8, 4) is 11.1 Å². The maximum absolute atomic E-state index is 14.2. The Bertz CT molecular complexity index is 1580. The molecule has 266 valence electrons. The molecule has 2 aliphatic heterocycles. The molecule has 0 radical (unpaired) electrons. The summed E-state index contributed by atoms with van der Waals surface area (Å²) < 4.78 is 7.06. The number of amides is 3. The molecule has 0 bridgehead atoms. The third-order valence-electron chi connectivity index (χ3n) is 11.6. The third-order valence-corrected chi connectivity index (χ3v) is 11.6. The average Bonchev–Trinajstić information content (AvgIpc) is 3.54. The van der Waals surface area contributed by atoms with Crippen LogP contribution < -0.4 is 5.56 Å². The largest absolute Gasteiger partial charge is 0.444 e. The van der Waals surface area contributed by atoms with Gasteiger partial charge in [0.05, 0.1) is 17.7 Å². The average molecular weight is 675 g/mol. The number of ether oxygens (including phenoxy) is 1. The highest BCUT2D eigenvalue weighted by molar-refractivity contribution is 6.00. The van der Waals surface area contributed by atoms with Gasteiger partial charge in [-0.25, -0.2) is 4.79 Å². The topological polar surface area (TPSA) is 112 Å². The van der Waals surface area contributed by atoms with Crippen LogP contribution in [0.2, 0.25) is 0 Å². The van der Waals surface area contributed by atoms with Crippen molar-refractivity contribution in [2.75, 3.05) is 39.3 Å². The predicted molar refractivity (Wildman–Crippen MR) is 188 cm³/mol. The minimum Gasteiger partial charge on any atom is -0.444 e. The lowest BCUT2D eigenvalue weighted by atomic mass is 9.65. The fourth-order valence-corrected chi connectivity index (χ4v) is 8.52. The summed E-state index contributed by atoms with van der Waals surface area (Å²) in [5.41, 5.74) is -0.895. The maximum Gasteiger partial charge on any atom is 0.410 e. The van der Waals surface area contributed by atoms with E-state index in [1.165, 1.54) is 29.9 Å². The number of hydrogen-bond acceptors (Lipinski definition) is 6. The number of hydrogen-bond donors (Lipinski definition) is 1. The number of pyridine rings is 1. The van der Waals surface area contributed by atoms with Gasteiger partial charge in [-0.1, -0.05) is 69.4 Å².